The monoisotopic (exact) mass is 339 g/mol. The largest absolute Gasteiger partial charge is 0.350 e. The Morgan fingerprint density at radius 3 is 2.88 bits per heavy atom. The smallest absolute Gasteiger partial charge is 0.243 e. The lowest BCUT2D eigenvalue weighted by molar-refractivity contribution is -0.123. The Morgan fingerprint density at radius 2 is 2.12 bits per heavy atom. The van der Waals surface area contributed by atoms with Crippen LogP contribution in [0.4, 0.5) is 5.69 Å². The van der Waals surface area contributed by atoms with E-state index in [9.17, 15) is 9.59 Å². The van der Waals surface area contributed by atoms with Gasteiger partial charge in [0.05, 0.1) is 12.0 Å². The lowest BCUT2D eigenvalue weighted by atomic mass is 10.0. The Morgan fingerprint density at radius 1 is 1.28 bits per heavy atom. The van der Waals surface area contributed by atoms with Crippen molar-refractivity contribution in [2.75, 3.05) is 18.0 Å². The van der Waals surface area contributed by atoms with Crippen molar-refractivity contribution in [3.8, 4) is 0 Å². The Bertz CT molecular complexity index is 783. The quantitative estimate of drug-likeness (QED) is 0.776. The van der Waals surface area contributed by atoms with Crippen molar-refractivity contribution >= 4 is 17.5 Å². The van der Waals surface area contributed by atoms with Crippen molar-refractivity contribution in [3.63, 3.8) is 0 Å². The van der Waals surface area contributed by atoms with E-state index < -0.39 is 6.04 Å². The maximum Gasteiger partial charge on any atom is 0.243 e. The molecule has 0 saturated carbocycles. The number of imidazole rings is 1. The number of hydrogen-bond acceptors (Lipinski definition) is 4. The molecular weight excluding hydrogens is 318 g/mol. The second kappa shape index (κ2) is 6.68. The average molecular weight is 339 g/mol. The van der Waals surface area contributed by atoms with E-state index in [1.165, 1.54) is 0 Å². The summed E-state index contributed by atoms with van der Waals surface area (Å²) in [7, 11) is 0. The summed E-state index contributed by atoms with van der Waals surface area (Å²) in [6, 6.07) is 7.38. The number of fused-ring (bicyclic) bond motifs is 1. The Hall–Kier alpha value is -2.67. The van der Waals surface area contributed by atoms with Gasteiger partial charge in [-0.25, -0.2) is 4.98 Å². The van der Waals surface area contributed by atoms with Gasteiger partial charge in [0.1, 0.15) is 6.04 Å². The van der Waals surface area contributed by atoms with E-state index in [1.54, 1.807) is 6.33 Å². The molecule has 7 nitrogen and oxygen atoms in total. The van der Waals surface area contributed by atoms with Crippen LogP contribution in [-0.4, -0.2) is 34.9 Å². The molecule has 1 aromatic carbocycles. The van der Waals surface area contributed by atoms with E-state index in [1.807, 2.05) is 29.2 Å². The van der Waals surface area contributed by atoms with Crippen molar-refractivity contribution in [1.29, 1.82) is 0 Å². The minimum Gasteiger partial charge on any atom is -0.350 e. The fourth-order valence-electron chi connectivity index (χ4n) is 3.44. The summed E-state index contributed by atoms with van der Waals surface area (Å²) in [6.07, 6.45) is 4.04. The van der Waals surface area contributed by atoms with Crippen LogP contribution in [0.25, 0.3) is 0 Å². The van der Waals surface area contributed by atoms with Crippen LogP contribution in [0.5, 0.6) is 0 Å². The Labute approximate surface area is 145 Å². The molecule has 3 N–H and O–H groups in total. The van der Waals surface area contributed by atoms with Crippen LogP contribution in [0, 0.1) is 0 Å². The van der Waals surface area contributed by atoms with Crippen LogP contribution >= 0.6 is 0 Å². The number of nitrogens with one attached hydrogen (secondary N) is 3. The summed E-state index contributed by atoms with van der Waals surface area (Å²) in [4.78, 5) is 33.4. The van der Waals surface area contributed by atoms with Gasteiger partial charge in [0.25, 0.3) is 0 Å². The molecule has 0 radical (unpaired) electrons. The van der Waals surface area contributed by atoms with Crippen LogP contribution < -0.4 is 15.5 Å². The average Bonchev–Trinajstić information content (AvgIpc) is 3.28. The number of aromatic nitrogens is 2. The predicted octanol–water partition coefficient (Wildman–Crippen LogP) is 1.04. The van der Waals surface area contributed by atoms with Gasteiger partial charge >= 0.3 is 0 Å². The van der Waals surface area contributed by atoms with Crippen LogP contribution in [0.1, 0.15) is 35.8 Å². The lowest BCUT2D eigenvalue weighted by Gasteiger charge is -2.22. The molecule has 0 unspecified atom stereocenters. The van der Waals surface area contributed by atoms with E-state index in [-0.39, 0.29) is 11.8 Å². The van der Waals surface area contributed by atoms with Crippen LogP contribution in [0.2, 0.25) is 0 Å². The molecule has 1 atom stereocenters. The van der Waals surface area contributed by atoms with E-state index in [4.69, 9.17) is 0 Å². The van der Waals surface area contributed by atoms with E-state index in [0.717, 1.165) is 48.6 Å². The number of aromatic amines is 1. The minimum absolute atomic E-state index is 0.0770. The molecule has 0 spiro atoms. The molecule has 130 valence electrons. The minimum atomic E-state index is -0.406. The van der Waals surface area contributed by atoms with Gasteiger partial charge in [-0.1, -0.05) is 12.1 Å². The lowest BCUT2D eigenvalue weighted by Crippen LogP contribution is -2.41. The van der Waals surface area contributed by atoms with E-state index in [2.05, 4.69) is 20.6 Å². The summed E-state index contributed by atoms with van der Waals surface area (Å²) in [5, 5.41) is 6.17. The van der Waals surface area contributed by atoms with E-state index in [0.29, 0.717) is 13.0 Å². The molecule has 2 aliphatic heterocycles. The standard InChI is InChI=1S/C18H21N5O2/c24-15-2-1-9-23(15)13-5-3-12(4-6-13)10-20-18(25)17-16-14(7-8-19-17)21-11-22-16/h3-6,11,17,19H,1-2,7-10H2,(H,20,25)(H,21,22)/t17-/m1/s1. The van der Waals surface area contributed by atoms with Gasteiger partial charge in [-0.2, -0.15) is 0 Å². The summed E-state index contributed by atoms with van der Waals surface area (Å²) >= 11 is 0. The molecule has 1 fully saturated rings. The number of nitrogens with zero attached hydrogens (tertiary/aromatic N) is 2. The van der Waals surface area contributed by atoms with Gasteiger partial charge in [-0.05, 0) is 24.1 Å². The predicted molar refractivity (Wildman–Crippen MR) is 92.9 cm³/mol. The fourth-order valence-corrected chi connectivity index (χ4v) is 3.44. The molecule has 7 heteroatoms. The van der Waals surface area contributed by atoms with Crippen LogP contribution in [0.3, 0.4) is 0 Å². The third kappa shape index (κ3) is 3.15. The molecule has 3 heterocycles. The number of anilines is 1. The molecule has 2 aromatic rings. The highest BCUT2D eigenvalue weighted by Gasteiger charge is 2.28. The number of rotatable bonds is 4. The van der Waals surface area contributed by atoms with Gasteiger partial charge in [-0.15, -0.1) is 0 Å². The molecule has 25 heavy (non-hydrogen) atoms. The second-order valence-electron chi connectivity index (χ2n) is 6.44. The first-order valence-corrected chi connectivity index (χ1v) is 8.65. The molecule has 0 aliphatic carbocycles. The highest BCUT2D eigenvalue weighted by atomic mass is 16.2. The fraction of sp³-hybridized carbons (Fsp3) is 0.389. The Balaban J connectivity index is 1.37. The third-order valence-electron chi connectivity index (χ3n) is 4.80. The zero-order valence-corrected chi connectivity index (χ0v) is 13.9. The van der Waals surface area contributed by atoms with E-state index >= 15 is 0 Å². The van der Waals surface area contributed by atoms with Gasteiger partial charge in [-0.3, -0.25) is 9.59 Å². The molecule has 1 saturated heterocycles. The number of benzene rings is 1. The summed E-state index contributed by atoms with van der Waals surface area (Å²) in [6.45, 7) is 1.99. The number of carbonyl (C=O) groups excluding carboxylic acids is 2. The number of hydrogen-bond donors (Lipinski definition) is 3. The number of amides is 2. The zero-order valence-electron chi connectivity index (χ0n) is 13.9. The molecule has 1 aromatic heterocycles. The molecular formula is C18H21N5O2. The van der Waals surface area contributed by atoms with Gasteiger partial charge in [0.15, 0.2) is 0 Å². The normalized spacial score (nSPS) is 19.8. The number of H-pyrrole nitrogens is 1. The maximum absolute atomic E-state index is 12.5. The first-order chi connectivity index (χ1) is 12.2. The zero-order chi connectivity index (χ0) is 17.2. The van der Waals surface area contributed by atoms with Crippen molar-refractivity contribution in [3.05, 3.63) is 47.5 Å². The molecule has 2 aliphatic rings. The first kappa shape index (κ1) is 15.8. The topological polar surface area (TPSA) is 90.1 Å². The van der Waals surface area contributed by atoms with Gasteiger partial charge in [0.2, 0.25) is 11.8 Å². The van der Waals surface area contributed by atoms with Crippen molar-refractivity contribution < 1.29 is 9.59 Å². The molecule has 4 rings (SSSR count). The van der Waals surface area contributed by atoms with Crippen molar-refractivity contribution in [2.24, 2.45) is 0 Å². The summed E-state index contributed by atoms with van der Waals surface area (Å²) < 4.78 is 0. The molecule has 0 bridgehead atoms. The van der Waals surface area contributed by atoms with Crippen LogP contribution in [0.15, 0.2) is 30.6 Å². The maximum atomic E-state index is 12.5. The SMILES string of the molecule is O=C(NCc1ccc(N2CCCC2=O)cc1)[C@@H]1NCCc2[nH]cnc21. The van der Waals surface area contributed by atoms with Crippen molar-refractivity contribution in [1.82, 2.24) is 20.6 Å². The van der Waals surface area contributed by atoms with Gasteiger partial charge in [0, 0.05) is 43.9 Å². The Kier molecular flexibility index (Phi) is 4.23. The first-order valence-electron chi connectivity index (χ1n) is 8.65. The van der Waals surface area contributed by atoms with Crippen molar-refractivity contribution in [2.45, 2.75) is 31.8 Å². The summed E-state index contributed by atoms with van der Waals surface area (Å²) in [5.74, 6) is 0.103. The molecule has 2 amide bonds. The number of carbonyl (C=O) groups is 2. The highest BCUT2D eigenvalue weighted by Crippen LogP contribution is 2.22. The highest BCUT2D eigenvalue weighted by molar-refractivity contribution is 5.95. The van der Waals surface area contributed by atoms with Gasteiger partial charge < -0.3 is 20.5 Å². The summed E-state index contributed by atoms with van der Waals surface area (Å²) in [5.41, 5.74) is 3.74. The van der Waals surface area contributed by atoms with Crippen LogP contribution in [-0.2, 0) is 22.6 Å². The third-order valence-corrected chi connectivity index (χ3v) is 4.80. The second-order valence-corrected chi connectivity index (χ2v) is 6.44.